The summed E-state index contributed by atoms with van der Waals surface area (Å²) < 4.78 is 5.14. The number of aromatic amines is 1. The maximum Gasteiger partial charge on any atom is 0.295 e. The summed E-state index contributed by atoms with van der Waals surface area (Å²) in [5.41, 5.74) is 1.23. The molecule has 0 aliphatic carbocycles. The number of hydrogen-bond acceptors (Lipinski definition) is 5. The Hall–Kier alpha value is -3.22. The molecule has 0 bridgehead atoms. The Morgan fingerprint density at radius 3 is 2.77 bits per heavy atom. The molecule has 0 radical (unpaired) electrons. The van der Waals surface area contributed by atoms with E-state index in [1.165, 1.54) is 12.4 Å². The highest BCUT2D eigenvalue weighted by Crippen LogP contribution is 2.37. The molecule has 0 saturated heterocycles. The zero-order chi connectivity index (χ0) is 15.5. The minimum atomic E-state index is -0.515. The minimum Gasteiger partial charge on any atom is -0.497 e. The topological polar surface area (TPSA) is 99.9 Å². The van der Waals surface area contributed by atoms with Gasteiger partial charge in [-0.1, -0.05) is 0 Å². The van der Waals surface area contributed by atoms with E-state index in [-0.39, 0.29) is 11.6 Å². The van der Waals surface area contributed by atoms with Gasteiger partial charge >= 0.3 is 0 Å². The third kappa shape index (κ3) is 2.51. The van der Waals surface area contributed by atoms with E-state index < -0.39 is 5.91 Å². The number of carbonyl (C=O) groups is 1. The van der Waals surface area contributed by atoms with Crippen molar-refractivity contribution in [3.63, 3.8) is 0 Å². The summed E-state index contributed by atoms with van der Waals surface area (Å²) in [6.45, 7) is 0. The quantitative estimate of drug-likeness (QED) is 0.725. The van der Waals surface area contributed by atoms with Gasteiger partial charge in [0.05, 0.1) is 12.6 Å². The Labute approximate surface area is 125 Å². The van der Waals surface area contributed by atoms with Crippen LogP contribution >= 0.6 is 0 Å². The van der Waals surface area contributed by atoms with E-state index >= 15 is 0 Å². The number of benzene rings is 1. The molecule has 0 unspecified atom stereocenters. The molecule has 22 heavy (non-hydrogen) atoms. The standard InChI is InChI=1S/C15H12N4O3/c1-22-10-2-3-12-11(8-10)13(15(21)17-12)18-19-14(20)9-4-6-16-7-5-9/h2-8,17,21H,1H3. The molecule has 7 heteroatoms. The lowest BCUT2D eigenvalue weighted by atomic mass is 10.2. The number of rotatable bonds is 3. The SMILES string of the molecule is COc1ccc2[nH]c(O)c(N=NC(=O)c3ccncc3)c2c1. The molecule has 0 aliphatic heterocycles. The molecule has 2 aromatic heterocycles. The van der Waals surface area contributed by atoms with Crippen molar-refractivity contribution in [2.45, 2.75) is 0 Å². The van der Waals surface area contributed by atoms with Crippen molar-refractivity contribution in [3.05, 3.63) is 48.3 Å². The van der Waals surface area contributed by atoms with Crippen LogP contribution in [0, 0.1) is 0 Å². The molecule has 3 aromatic rings. The molecule has 2 heterocycles. The number of hydrogen-bond donors (Lipinski definition) is 2. The number of H-pyrrole nitrogens is 1. The fourth-order valence-corrected chi connectivity index (χ4v) is 2.02. The Morgan fingerprint density at radius 1 is 1.27 bits per heavy atom. The van der Waals surface area contributed by atoms with E-state index in [1.54, 1.807) is 37.4 Å². The zero-order valence-corrected chi connectivity index (χ0v) is 11.6. The van der Waals surface area contributed by atoms with Crippen LogP contribution in [0.5, 0.6) is 11.6 Å². The highest BCUT2D eigenvalue weighted by Gasteiger charge is 2.12. The summed E-state index contributed by atoms with van der Waals surface area (Å²) in [7, 11) is 1.54. The van der Waals surface area contributed by atoms with Crippen molar-refractivity contribution in [2.75, 3.05) is 7.11 Å². The van der Waals surface area contributed by atoms with E-state index in [0.717, 1.165) is 0 Å². The van der Waals surface area contributed by atoms with E-state index in [4.69, 9.17) is 4.74 Å². The Bertz CT molecular complexity index is 856. The molecule has 0 fully saturated rings. The third-order valence-corrected chi connectivity index (χ3v) is 3.13. The summed E-state index contributed by atoms with van der Waals surface area (Å²) in [5, 5.41) is 18.0. The zero-order valence-electron chi connectivity index (χ0n) is 11.6. The normalized spacial score (nSPS) is 11.1. The van der Waals surface area contributed by atoms with Gasteiger partial charge in [-0.2, -0.15) is 0 Å². The van der Waals surface area contributed by atoms with Crippen molar-refractivity contribution in [3.8, 4) is 11.6 Å². The fraction of sp³-hybridized carbons (Fsp3) is 0.0667. The molecule has 2 N–H and O–H groups in total. The number of fused-ring (bicyclic) bond motifs is 1. The van der Waals surface area contributed by atoms with Crippen molar-refractivity contribution < 1.29 is 14.6 Å². The maximum absolute atomic E-state index is 11.9. The number of amides is 1. The molecule has 0 aliphatic rings. The van der Waals surface area contributed by atoms with Crippen LogP contribution in [0.4, 0.5) is 5.69 Å². The van der Waals surface area contributed by atoms with Gasteiger partial charge in [-0.05, 0) is 30.3 Å². The summed E-state index contributed by atoms with van der Waals surface area (Å²) in [4.78, 5) is 18.5. The average molecular weight is 296 g/mol. The van der Waals surface area contributed by atoms with Gasteiger partial charge in [0.2, 0.25) is 5.88 Å². The van der Waals surface area contributed by atoms with Gasteiger partial charge in [0.1, 0.15) is 5.75 Å². The maximum atomic E-state index is 11.9. The number of aromatic hydroxyl groups is 1. The minimum absolute atomic E-state index is 0.158. The number of methoxy groups -OCH3 is 1. The molecular formula is C15H12N4O3. The molecule has 0 saturated carbocycles. The van der Waals surface area contributed by atoms with E-state index in [0.29, 0.717) is 22.2 Å². The number of pyridine rings is 1. The van der Waals surface area contributed by atoms with Crippen molar-refractivity contribution in [1.82, 2.24) is 9.97 Å². The van der Waals surface area contributed by atoms with E-state index in [1.807, 2.05) is 0 Å². The van der Waals surface area contributed by atoms with Crippen LogP contribution in [0.1, 0.15) is 10.4 Å². The van der Waals surface area contributed by atoms with Crippen molar-refractivity contribution in [1.29, 1.82) is 0 Å². The lowest BCUT2D eigenvalue weighted by Crippen LogP contribution is -1.92. The molecule has 3 rings (SSSR count). The molecule has 0 atom stereocenters. The summed E-state index contributed by atoms with van der Waals surface area (Å²) >= 11 is 0. The van der Waals surface area contributed by atoms with Gasteiger partial charge in [0, 0.05) is 23.3 Å². The van der Waals surface area contributed by atoms with E-state index in [2.05, 4.69) is 20.2 Å². The van der Waals surface area contributed by atoms with Crippen LogP contribution in [-0.2, 0) is 0 Å². The Balaban J connectivity index is 1.98. The average Bonchev–Trinajstić information content (AvgIpc) is 2.87. The van der Waals surface area contributed by atoms with Gasteiger partial charge in [-0.3, -0.25) is 9.78 Å². The lowest BCUT2D eigenvalue weighted by molar-refractivity contribution is 0.0995. The number of carbonyl (C=O) groups excluding carboxylic acids is 1. The first kappa shape index (κ1) is 13.7. The second-order valence-electron chi connectivity index (χ2n) is 4.47. The van der Waals surface area contributed by atoms with Crippen LogP contribution in [-0.4, -0.2) is 28.1 Å². The number of azo groups is 1. The Morgan fingerprint density at radius 2 is 2.05 bits per heavy atom. The largest absolute Gasteiger partial charge is 0.497 e. The van der Waals surface area contributed by atoms with Gasteiger partial charge < -0.3 is 14.8 Å². The second kappa shape index (κ2) is 5.65. The molecule has 7 nitrogen and oxygen atoms in total. The predicted molar refractivity (Wildman–Crippen MR) is 79.6 cm³/mol. The lowest BCUT2D eigenvalue weighted by Gasteiger charge is -1.98. The number of aromatic nitrogens is 2. The fourth-order valence-electron chi connectivity index (χ4n) is 2.02. The van der Waals surface area contributed by atoms with E-state index in [9.17, 15) is 9.90 Å². The molecule has 1 aromatic carbocycles. The highest BCUT2D eigenvalue weighted by atomic mass is 16.5. The van der Waals surface area contributed by atoms with Crippen molar-refractivity contribution >= 4 is 22.5 Å². The van der Waals surface area contributed by atoms with Crippen LogP contribution in [0.25, 0.3) is 10.9 Å². The first-order valence-electron chi connectivity index (χ1n) is 6.44. The van der Waals surface area contributed by atoms with Crippen LogP contribution in [0.3, 0.4) is 0 Å². The van der Waals surface area contributed by atoms with Crippen LogP contribution in [0.15, 0.2) is 53.0 Å². The van der Waals surface area contributed by atoms with Crippen LogP contribution < -0.4 is 4.74 Å². The summed E-state index contributed by atoms with van der Waals surface area (Å²) in [5.74, 6) is -0.0583. The predicted octanol–water partition coefficient (Wildman–Crippen LogP) is 3.20. The first-order chi connectivity index (χ1) is 10.7. The first-order valence-corrected chi connectivity index (χ1v) is 6.44. The number of nitrogens with zero attached hydrogens (tertiary/aromatic N) is 3. The molecule has 1 amide bonds. The van der Waals surface area contributed by atoms with Gasteiger partial charge in [0.25, 0.3) is 5.91 Å². The summed E-state index contributed by atoms with van der Waals surface area (Å²) in [6.07, 6.45) is 2.99. The van der Waals surface area contributed by atoms with Gasteiger partial charge in [0.15, 0.2) is 5.69 Å². The van der Waals surface area contributed by atoms with Gasteiger partial charge in [-0.15, -0.1) is 10.2 Å². The smallest absolute Gasteiger partial charge is 0.295 e. The molecule has 0 spiro atoms. The third-order valence-electron chi connectivity index (χ3n) is 3.13. The van der Waals surface area contributed by atoms with Gasteiger partial charge in [-0.25, -0.2) is 0 Å². The van der Waals surface area contributed by atoms with Crippen LogP contribution in [0.2, 0.25) is 0 Å². The summed E-state index contributed by atoms with van der Waals surface area (Å²) in [6, 6.07) is 8.29. The number of nitrogens with one attached hydrogen (secondary N) is 1. The Kier molecular flexibility index (Phi) is 3.53. The molecular weight excluding hydrogens is 284 g/mol. The number of ether oxygens (including phenoxy) is 1. The highest BCUT2D eigenvalue weighted by molar-refractivity contribution is 5.97. The molecule has 110 valence electrons. The van der Waals surface area contributed by atoms with Crippen molar-refractivity contribution in [2.24, 2.45) is 10.2 Å². The monoisotopic (exact) mass is 296 g/mol. The second-order valence-corrected chi connectivity index (χ2v) is 4.47.